The molecular weight excluding hydrogens is 402 g/mol. The first-order valence-corrected chi connectivity index (χ1v) is 10.4. The second-order valence-electron chi connectivity index (χ2n) is 8.09. The zero-order chi connectivity index (χ0) is 22.2. The third-order valence-electron chi connectivity index (χ3n) is 6.27. The minimum absolute atomic E-state index is 0.0324. The fourth-order valence-electron chi connectivity index (χ4n) is 4.54. The van der Waals surface area contributed by atoms with Gasteiger partial charge in [0.1, 0.15) is 11.2 Å². The van der Waals surface area contributed by atoms with Crippen molar-refractivity contribution in [1.29, 1.82) is 0 Å². The number of rotatable bonds is 6. The van der Waals surface area contributed by atoms with E-state index in [9.17, 15) is 24.0 Å². The number of nitrogens with zero attached hydrogens (tertiary/aromatic N) is 1. The van der Waals surface area contributed by atoms with Crippen LogP contribution in [0.2, 0.25) is 0 Å². The van der Waals surface area contributed by atoms with Crippen molar-refractivity contribution in [2.24, 2.45) is 0 Å². The van der Waals surface area contributed by atoms with E-state index >= 15 is 0 Å². The van der Waals surface area contributed by atoms with Crippen molar-refractivity contribution >= 4 is 29.5 Å². The van der Waals surface area contributed by atoms with Crippen molar-refractivity contribution in [3.8, 4) is 0 Å². The van der Waals surface area contributed by atoms with Crippen molar-refractivity contribution in [1.82, 2.24) is 4.90 Å². The molecule has 1 saturated carbocycles. The fraction of sp³-hybridized carbons (Fsp3) is 0.435. The predicted molar refractivity (Wildman–Crippen MR) is 107 cm³/mol. The number of amides is 2. The highest BCUT2D eigenvalue weighted by Gasteiger charge is 2.47. The number of hydrogen-bond donors (Lipinski definition) is 0. The summed E-state index contributed by atoms with van der Waals surface area (Å²) in [5.74, 6) is -2.92. The van der Waals surface area contributed by atoms with Gasteiger partial charge in [0.05, 0.1) is 17.5 Å². The number of benzene rings is 1. The molecule has 31 heavy (non-hydrogen) atoms. The molecule has 0 atom stereocenters. The van der Waals surface area contributed by atoms with Crippen LogP contribution in [0.25, 0.3) is 0 Å². The van der Waals surface area contributed by atoms with E-state index in [4.69, 9.17) is 9.47 Å². The smallest absolute Gasteiger partial charge is 0.342 e. The molecule has 0 N–H and O–H groups in total. The third kappa shape index (κ3) is 3.66. The summed E-state index contributed by atoms with van der Waals surface area (Å²) in [5.41, 5.74) is 0.486. The lowest BCUT2D eigenvalue weighted by Crippen LogP contribution is -2.33. The summed E-state index contributed by atoms with van der Waals surface area (Å²) in [4.78, 5) is 62.6. The van der Waals surface area contributed by atoms with E-state index in [1.165, 1.54) is 0 Å². The molecular formula is C23H23NO7. The summed E-state index contributed by atoms with van der Waals surface area (Å²) in [7, 11) is 0. The van der Waals surface area contributed by atoms with Crippen LogP contribution < -0.4 is 0 Å². The molecule has 4 rings (SSSR count). The lowest BCUT2D eigenvalue weighted by molar-refractivity contribution is -0.152. The molecule has 2 heterocycles. The van der Waals surface area contributed by atoms with E-state index in [0.717, 1.165) is 24.2 Å². The van der Waals surface area contributed by atoms with Gasteiger partial charge in [0.2, 0.25) is 5.78 Å². The number of Topliss-reactive ketones (excluding diaryl/α,β-unsaturated/α-hetero) is 1. The maximum Gasteiger partial charge on any atom is 0.342 e. The molecule has 0 unspecified atom stereocenters. The molecule has 0 bridgehead atoms. The number of carbonyl (C=O) groups excluding carboxylic acids is 5. The molecule has 1 aliphatic carbocycles. The molecule has 162 valence electrons. The van der Waals surface area contributed by atoms with E-state index in [-0.39, 0.29) is 18.5 Å². The van der Waals surface area contributed by atoms with Crippen molar-refractivity contribution in [2.45, 2.75) is 51.0 Å². The normalized spacial score (nSPS) is 19.6. The third-order valence-corrected chi connectivity index (χ3v) is 6.27. The predicted octanol–water partition coefficient (Wildman–Crippen LogP) is 2.36. The van der Waals surface area contributed by atoms with Gasteiger partial charge in [-0.3, -0.25) is 24.1 Å². The van der Waals surface area contributed by atoms with Gasteiger partial charge in [-0.25, -0.2) is 4.79 Å². The van der Waals surface area contributed by atoms with Crippen LogP contribution in [0.5, 0.6) is 0 Å². The molecule has 3 aliphatic rings. The molecule has 0 saturated heterocycles. The van der Waals surface area contributed by atoms with Crippen LogP contribution in [0.1, 0.15) is 66.2 Å². The monoisotopic (exact) mass is 425 g/mol. The largest absolute Gasteiger partial charge is 0.457 e. The van der Waals surface area contributed by atoms with Crippen molar-refractivity contribution in [3.05, 3.63) is 46.5 Å². The molecule has 0 aromatic heterocycles. The summed E-state index contributed by atoms with van der Waals surface area (Å²) in [5, 5.41) is 0. The maximum atomic E-state index is 12.6. The lowest BCUT2D eigenvalue weighted by Gasteiger charge is -2.33. The standard InChI is InChI=1S/C23H23NO7/c1-14-19(22(29)31-23(14)10-5-2-6-11-23)17(25)13-30-18(26)9-12-24-20(27)15-7-3-4-8-16(15)21(24)28/h3-4,7-8H,2,5-6,9-13H2,1H3. The van der Waals surface area contributed by atoms with E-state index in [1.54, 1.807) is 31.2 Å². The summed E-state index contributed by atoms with van der Waals surface area (Å²) in [6.45, 7) is 0.999. The zero-order valence-electron chi connectivity index (χ0n) is 17.3. The number of carbonyl (C=O) groups is 5. The van der Waals surface area contributed by atoms with Crippen LogP contribution in [0.3, 0.4) is 0 Å². The van der Waals surface area contributed by atoms with Crippen LogP contribution in [-0.4, -0.2) is 53.2 Å². The molecule has 8 nitrogen and oxygen atoms in total. The van der Waals surface area contributed by atoms with Gasteiger partial charge in [0.25, 0.3) is 11.8 Å². The van der Waals surface area contributed by atoms with Gasteiger partial charge >= 0.3 is 11.9 Å². The fourth-order valence-corrected chi connectivity index (χ4v) is 4.54. The summed E-state index contributed by atoms with van der Waals surface area (Å²) >= 11 is 0. The van der Waals surface area contributed by atoms with Crippen LogP contribution in [0, 0.1) is 0 Å². The Morgan fingerprint density at radius 2 is 1.65 bits per heavy atom. The Morgan fingerprint density at radius 1 is 1.03 bits per heavy atom. The van der Waals surface area contributed by atoms with Crippen molar-refractivity contribution in [2.75, 3.05) is 13.2 Å². The Bertz CT molecular complexity index is 982. The molecule has 0 radical (unpaired) electrons. The topological polar surface area (TPSA) is 107 Å². The van der Waals surface area contributed by atoms with Crippen molar-refractivity contribution < 1.29 is 33.4 Å². The highest BCUT2D eigenvalue weighted by Crippen LogP contribution is 2.43. The van der Waals surface area contributed by atoms with Crippen molar-refractivity contribution in [3.63, 3.8) is 0 Å². The summed E-state index contributed by atoms with van der Waals surface area (Å²) < 4.78 is 10.6. The highest BCUT2D eigenvalue weighted by molar-refractivity contribution is 6.21. The first-order valence-electron chi connectivity index (χ1n) is 10.4. The van der Waals surface area contributed by atoms with Gasteiger partial charge in [-0.15, -0.1) is 0 Å². The SMILES string of the molecule is CC1=C(C(=O)COC(=O)CCN2C(=O)c3ccccc3C2=O)C(=O)OC12CCCCC2. The number of ketones is 1. The Kier molecular flexibility index (Phi) is 5.47. The average molecular weight is 425 g/mol. The summed E-state index contributed by atoms with van der Waals surface area (Å²) in [6.07, 6.45) is 4.08. The summed E-state index contributed by atoms with van der Waals surface area (Å²) in [6, 6.07) is 6.44. The Hall–Kier alpha value is -3.29. The van der Waals surface area contributed by atoms with Crippen LogP contribution >= 0.6 is 0 Å². The Labute approximate surface area is 179 Å². The highest BCUT2D eigenvalue weighted by atomic mass is 16.6. The van der Waals surface area contributed by atoms with Gasteiger partial charge < -0.3 is 9.47 Å². The lowest BCUT2D eigenvalue weighted by atomic mass is 9.79. The first kappa shape index (κ1) is 21.0. The molecule has 1 fully saturated rings. The maximum absolute atomic E-state index is 12.6. The Morgan fingerprint density at radius 3 is 2.26 bits per heavy atom. The number of imide groups is 1. The average Bonchev–Trinajstić information content (AvgIpc) is 3.15. The van der Waals surface area contributed by atoms with Gasteiger partial charge in [-0.2, -0.15) is 0 Å². The van der Waals surface area contributed by atoms with E-state index < -0.39 is 41.7 Å². The first-order chi connectivity index (χ1) is 14.8. The van der Waals surface area contributed by atoms with E-state index in [0.29, 0.717) is 29.5 Å². The minimum atomic E-state index is -0.734. The van der Waals surface area contributed by atoms with Gasteiger partial charge in [0.15, 0.2) is 6.61 Å². The molecule has 1 aromatic rings. The minimum Gasteiger partial charge on any atom is -0.457 e. The second kappa shape index (κ2) is 8.09. The molecule has 1 aromatic carbocycles. The van der Waals surface area contributed by atoms with E-state index in [1.807, 2.05) is 0 Å². The number of hydrogen-bond acceptors (Lipinski definition) is 7. The second-order valence-corrected chi connectivity index (χ2v) is 8.09. The van der Waals surface area contributed by atoms with Crippen LogP contribution in [0.4, 0.5) is 0 Å². The number of ether oxygens (including phenoxy) is 2. The molecule has 1 spiro atoms. The van der Waals surface area contributed by atoms with Crippen LogP contribution in [-0.2, 0) is 23.9 Å². The quantitative estimate of drug-likeness (QED) is 0.391. The molecule has 8 heteroatoms. The zero-order valence-corrected chi connectivity index (χ0v) is 17.3. The molecule has 2 aliphatic heterocycles. The number of esters is 2. The van der Waals surface area contributed by atoms with Crippen LogP contribution in [0.15, 0.2) is 35.4 Å². The Balaban J connectivity index is 1.32. The van der Waals surface area contributed by atoms with Gasteiger partial charge in [-0.05, 0) is 50.3 Å². The van der Waals surface area contributed by atoms with E-state index in [2.05, 4.69) is 0 Å². The number of fused-ring (bicyclic) bond motifs is 1. The van der Waals surface area contributed by atoms with Gasteiger partial charge in [0, 0.05) is 6.54 Å². The van der Waals surface area contributed by atoms with Gasteiger partial charge in [-0.1, -0.05) is 18.6 Å². The molecule has 2 amide bonds.